The van der Waals surface area contributed by atoms with E-state index in [1.165, 1.54) is 12.8 Å². The molecule has 0 radical (unpaired) electrons. The second-order valence-electron chi connectivity index (χ2n) is 9.14. The molecular formula is C20H43IN4O. The molecule has 0 spiro atoms. The van der Waals surface area contributed by atoms with Crippen LogP contribution in [0.15, 0.2) is 4.99 Å². The maximum Gasteiger partial charge on any atom is 0.191 e. The zero-order valence-corrected chi connectivity index (χ0v) is 20.6. The van der Waals surface area contributed by atoms with E-state index in [9.17, 15) is 0 Å². The molecule has 0 aromatic carbocycles. The molecule has 1 saturated heterocycles. The summed E-state index contributed by atoms with van der Waals surface area (Å²) in [5, 5.41) is 7.03. The van der Waals surface area contributed by atoms with E-state index in [4.69, 9.17) is 4.74 Å². The molecule has 1 aliphatic rings. The second kappa shape index (κ2) is 12.4. The first-order chi connectivity index (χ1) is 11.6. The Labute approximate surface area is 179 Å². The third-order valence-corrected chi connectivity index (χ3v) is 5.03. The van der Waals surface area contributed by atoms with Crippen LogP contribution in [0.5, 0.6) is 0 Å². The molecule has 3 unspecified atom stereocenters. The van der Waals surface area contributed by atoms with E-state index < -0.39 is 0 Å². The first kappa shape index (κ1) is 25.9. The number of hydrogen-bond donors (Lipinski definition) is 2. The van der Waals surface area contributed by atoms with Gasteiger partial charge in [-0.15, -0.1) is 24.0 Å². The molecule has 1 rings (SSSR count). The van der Waals surface area contributed by atoms with Crippen molar-refractivity contribution in [2.24, 2.45) is 22.2 Å². The van der Waals surface area contributed by atoms with E-state index in [0.717, 1.165) is 32.1 Å². The summed E-state index contributed by atoms with van der Waals surface area (Å²) in [6, 6.07) is 0.513. The van der Waals surface area contributed by atoms with Gasteiger partial charge in [-0.25, -0.2) is 0 Å². The Morgan fingerprint density at radius 1 is 1.23 bits per heavy atom. The van der Waals surface area contributed by atoms with Crippen LogP contribution in [0.25, 0.3) is 0 Å². The molecule has 0 amide bonds. The second-order valence-corrected chi connectivity index (χ2v) is 9.14. The molecule has 1 aliphatic heterocycles. The molecule has 0 saturated carbocycles. The molecule has 0 bridgehead atoms. The van der Waals surface area contributed by atoms with E-state index in [1.54, 1.807) is 0 Å². The van der Waals surface area contributed by atoms with Crippen LogP contribution < -0.4 is 10.6 Å². The number of ether oxygens (including phenoxy) is 1. The molecule has 0 aromatic rings. The van der Waals surface area contributed by atoms with Crippen LogP contribution in [0.3, 0.4) is 0 Å². The van der Waals surface area contributed by atoms with E-state index in [0.29, 0.717) is 24.0 Å². The van der Waals surface area contributed by atoms with Crippen molar-refractivity contribution < 1.29 is 4.74 Å². The summed E-state index contributed by atoms with van der Waals surface area (Å²) in [5.41, 5.74) is 0.178. The fourth-order valence-electron chi connectivity index (χ4n) is 3.69. The quantitative estimate of drug-likeness (QED) is 0.331. The van der Waals surface area contributed by atoms with Gasteiger partial charge in [0.25, 0.3) is 0 Å². The molecule has 3 atom stereocenters. The highest BCUT2D eigenvalue weighted by Crippen LogP contribution is 2.33. The predicted molar refractivity (Wildman–Crippen MR) is 124 cm³/mol. The van der Waals surface area contributed by atoms with E-state index in [2.05, 4.69) is 69.2 Å². The molecule has 0 aliphatic carbocycles. The first-order valence-electron chi connectivity index (χ1n) is 9.87. The average Bonchev–Trinajstić information content (AvgIpc) is 2.52. The molecule has 2 N–H and O–H groups in total. The van der Waals surface area contributed by atoms with Crippen molar-refractivity contribution in [3.63, 3.8) is 0 Å². The lowest BCUT2D eigenvalue weighted by Crippen LogP contribution is -2.49. The van der Waals surface area contributed by atoms with Crippen molar-refractivity contribution in [3.05, 3.63) is 0 Å². The number of aliphatic imine (C=N–C) groups is 1. The fourth-order valence-corrected chi connectivity index (χ4v) is 3.69. The highest BCUT2D eigenvalue weighted by Gasteiger charge is 2.35. The van der Waals surface area contributed by atoms with Gasteiger partial charge in [0.2, 0.25) is 0 Å². The number of nitrogens with zero attached hydrogens (tertiary/aromatic N) is 2. The Bertz CT molecular complexity index is 407. The Balaban J connectivity index is 0.00000625. The molecule has 0 aromatic heterocycles. The zero-order chi connectivity index (χ0) is 19.0. The topological polar surface area (TPSA) is 48.9 Å². The molecule has 6 heteroatoms. The highest BCUT2D eigenvalue weighted by atomic mass is 127. The summed E-state index contributed by atoms with van der Waals surface area (Å²) in [4.78, 5) is 6.70. The summed E-state index contributed by atoms with van der Waals surface area (Å²) in [7, 11) is 6.15. The lowest BCUT2D eigenvalue weighted by molar-refractivity contribution is -0.0835. The number of nitrogens with one attached hydrogen (secondary N) is 2. The van der Waals surface area contributed by atoms with Crippen LogP contribution >= 0.6 is 24.0 Å². The van der Waals surface area contributed by atoms with Gasteiger partial charge in [-0.3, -0.25) is 4.99 Å². The summed E-state index contributed by atoms with van der Waals surface area (Å²) in [5.74, 6) is 2.12. The predicted octanol–water partition coefficient (Wildman–Crippen LogP) is 3.59. The number of guanidine groups is 1. The number of likely N-dealkylation sites (N-methyl/N-ethyl adjacent to an activating group) is 1. The lowest BCUT2D eigenvalue weighted by Gasteiger charge is -2.40. The monoisotopic (exact) mass is 482 g/mol. The third-order valence-electron chi connectivity index (χ3n) is 5.03. The summed E-state index contributed by atoms with van der Waals surface area (Å²) in [6.45, 7) is 14.1. The van der Waals surface area contributed by atoms with Gasteiger partial charge in [-0.1, -0.05) is 34.6 Å². The van der Waals surface area contributed by atoms with Crippen LogP contribution in [0, 0.1) is 17.3 Å². The Morgan fingerprint density at radius 3 is 2.38 bits per heavy atom. The largest absolute Gasteiger partial charge is 0.377 e. The Hall–Kier alpha value is -0.0800. The first-order valence-corrected chi connectivity index (χ1v) is 9.87. The van der Waals surface area contributed by atoms with Crippen molar-refractivity contribution in [2.75, 3.05) is 40.8 Å². The molecule has 156 valence electrons. The normalized spacial score (nSPS) is 22.9. The number of halogens is 1. The smallest absolute Gasteiger partial charge is 0.191 e. The van der Waals surface area contributed by atoms with Gasteiger partial charge in [0, 0.05) is 38.7 Å². The van der Waals surface area contributed by atoms with E-state index >= 15 is 0 Å². The van der Waals surface area contributed by atoms with Crippen molar-refractivity contribution in [3.8, 4) is 0 Å². The van der Waals surface area contributed by atoms with Crippen molar-refractivity contribution in [1.82, 2.24) is 15.5 Å². The van der Waals surface area contributed by atoms with Gasteiger partial charge in [0.15, 0.2) is 5.96 Å². The average molecular weight is 482 g/mol. The van der Waals surface area contributed by atoms with Crippen LogP contribution in [0.4, 0.5) is 0 Å². The highest BCUT2D eigenvalue weighted by molar-refractivity contribution is 14.0. The maximum atomic E-state index is 6.09. The maximum absolute atomic E-state index is 6.09. The summed E-state index contributed by atoms with van der Waals surface area (Å²) in [6.07, 6.45) is 3.86. The van der Waals surface area contributed by atoms with Crippen molar-refractivity contribution >= 4 is 29.9 Å². The van der Waals surface area contributed by atoms with Gasteiger partial charge >= 0.3 is 0 Å². The number of rotatable bonds is 7. The van der Waals surface area contributed by atoms with Gasteiger partial charge in [0.1, 0.15) is 0 Å². The summed E-state index contributed by atoms with van der Waals surface area (Å²) >= 11 is 0. The van der Waals surface area contributed by atoms with E-state index in [-0.39, 0.29) is 29.4 Å². The van der Waals surface area contributed by atoms with Crippen LogP contribution in [-0.4, -0.2) is 63.8 Å². The lowest BCUT2D eigenvalue weighted by atomic mass is 9.78. The van der Waals surface area contributed by atoms with E-state index in [1.807, 2.05) is 7.05 Å². The van der Waals surface area contributed by atoms with Crippen LogP contribution in [0.2, 0.25) is 0 Å². The summed E-state index contributed by atoms with van der Waals surface area (Å²) < 4.78 is 6.09. The number of hydrogen-bond acceptors (Lipinski definition) is 3. The molecule has 26 heavy (non-hydrogen) atoms. The minimum atomic E-state index is 0. The van der Waals surface area contributed by atoms with Crippen LogP contribution in [-0.2, 0) is 4.74 Å². The van der Waals surface area contributed by atoms with Crippen molar-refractivity contribution in [1.29, 1.82) is 0 Å². The zero-order valence-electron chi connectivity index (χ0n) is 18.3. The molecule has 5 nitrogen and oxygen atoms in total. The molecule has 1 heterocycles. The molecular weight excluding hydrogens is 439 g/mol. The SMILES string of the molecule is CN=C(NCC1CCCOC1C(C)(C)C)NCC(CC(C)C)N(C)C.I. The van der Waals surface area contributed by atoms with Gasteiger partial charge < -0.3 is 20.3 Å². The minimum Gasteiger partial charge on any atom is -0.377 e. The van der Waals surface area contributed by atoms with Crippen molar-refractivity contribution in [2.45, 2.75) is 66.0 Å². The fraction of sp³-hybridized carbons (Fsp3) is 0.950. The van der Waals surface area contributed by atoms with Gasteiger partial charge in [-0.05, 0) is 44.7 Å². The standard InChI is InChI=1S/C20H42N4O.HI/c1-15(2)12-17(24(7)8)14-23-19(21-6)22-13-16-10-9-11-25-18(16)20(3,4)5;/h15-18H,9-14H2,1-8H3,(H2,21,22,23);1H. The Morgan fingerprint density at radius 2 is 1.88 bits per heavy atom. The molecule has 1 fully saturated rings. The van der Waals surface area contributed by atoms with Gasteiger partial charge in [0.05, 0.1) is 6.10 Å². The third kappa shape index (κ3) is 9.22. The van der Waals surface area contributed by atoms with Gasteiger partial charge in [-0.2, -0.15) is 0 Å². The minimum absolute atomic E-state index is 0. The van der Waals surface area contributed by atoms with Crippen LogP contribution in [0.1, 0.15) is 53.9 Å². The Kier molecular flexibility index (Phi) is 12.4.